The van der Waals surface area contributed by atoms with Gasteiger partial charge in [0.2, 0.25) is 0 Å². The largest absolute Gasteiger partial charge is 0.351 e. The molecular weight excluding hydrogens is 311 g/mol. The third-order valence-corrected chi connectivity index (χ3v) is 4.36. The van der Waals surface area contributed by atoms with Gasteiger partial charge in [0.05, 0.1) is 6.61 Å². The molecule has 1 N–H and O–H groups in total. The van der Waals surface area contributed by atoms with Gasteiger partial charge in [0.25, 0.3) is 0 Å². The van der Waals surface area contributed by atoms with Gasteiger partial charge < -0.3 is 9.42 Å². The van der Waals surface area contributed by atoms with Crippen molar-refractivity contribution in [1.29, 1.82) is 0 Å². The van der Waals surface area contributed by atoms with Crippen molar-refractivity contribution in [1.82, 2.24) is 0 Å². The van der Waals surface area contributed by atoms with Gasteiger partial charge in [-0.1, -0.05) is 54.6 Å². The molecule has 1 atom stereocenters. The molecule has 2 aromatic carbocycles. The first-order chi connectivity index (χ1) is 11.0. The molecule has 5 heteroatoms. The first-order valence-electron chi connectivity index (χ1n) is 7.33. The van der Waals surface area contributed by atoms with Gasteiger partial charge in [-0.25, -0.2) is 0 Å². The van der Waals surface area contributed by atoms with Crippen LogP contribution in [0.3, 0.4) is 0 Å². The Morgan fingerprint density at radius 1 is 1.13 bits per heavy atom. The molecule has 0 aliphatic heterocycles. The minimum absolute atomic E-state index is 0.0360. The highest BCUT2D eigenvalue weighted by molar-refractivity contribution is 7.56. The first kappa shape index (κ1) is 17.4. The Morgan fingerprint density at radius 2 is 1.78 bits per heavy atom. The van der Waals surface area contributed by atoms with Crippen LogP contribution in [0.4, 0.5) is 0 Å². The van der Waals surface area contributed by atoms with Crippen molar-refractivity contribution in [3.05, 3.63) is 77.1 Å². The molecule has 2 aromatic rings. The van der Waals surface area contributed by atoms with Crippen molar-refractivity contribution in [2.24, 2.45) is 0 Å². The lowest BCUT2D eigenvalue weighted by Crippen LogP contribution is -2.03. The van der Waals surface area contributed by atoms with Gasteiger partial charge >= 0.3 is 7.60 Å². The number of benzene rings is 2. The van der Waals surface area contributed by atoms with E-state index in [0.29, 0.717) is 12.0 Å². The summed E-state index contributed by atoms with van der Waals surface area (Å²) in [6, 6.07) is 16.5. The minimum Gasteiger partial charge on any atom is -0.321 e. The Kier molecular flexibility index (Phi) is 6.05. The van der Waals surface area contributed by atoms with E-state index in [1.807, 2.05) is 30.3 Å². The molecule has 0 amide bonds. The van der Waals surface area contributed by atoms with Crippen LogP contribution in [0.1, 0.15) is 28.4 Å². The van der Waals surface area contributed by atoms with Crippen molar-refractivity contribution in [3.63, 3.8) is 0 Å². The fraction of sp³-hybridized carbons (Fsp3) is 0.167. The lowest BCUT2D eigenvalue weighted by Gasteiger charge is -2.05. The molecule has 1 unspecified atom stereocenters. The standard InChI is InChI=1S/C18H19O4P/c1-2-22-23(20,21)13-12-15-8-10-17(11-9-15)18(19)14-16-6-4-3-5-7-16/h3-13H,2,14H2,1H3,(H,20,21). The molecule has 0 heterocycles. The van der Waals surface area contributed by atoms with Crippen LogP contribution in [0.2, 0.25) is 0 Å². The second-order valence-corrected chi connectivity index (χ2v) is 6.69. The van der Waals surface area contributed by atoms with Gasteiger partial charge in [-0.2, -0.15) is 0 Å². The van der Waals surface area contributed by atoms with E-state index in [1.165, 1.54) is 6.08 Å². The summed E-state index contributed by atoms with van der Waals surface area (Å²) < 4.78 is 16.3. The van der Waals surface area contributed by atoms with Crippen LogP contribution in [0.25, 0.3) is 6.08 Å². The molecule has 4 nitrogen and oxygen atoms in total. The zero-order valence-electron chi connectivity index (χ0n) is 12.9. The molecule has 0 radical (unpaired) electrons. The number of hydrogen-bond acceptors (Lipinski definition) is 3. The summed E-state index contributed by atoms with van der Waals surface area (Å²) in [7, 11) is -3.68. The molecular formula is C18H19O4P. The third kappa shape index (κ3) is 5.61. The van der Waals surface area contributed by atoms with Crippen LogP contribution in [0.5, 0.6) is 0 Å². The number of Topliss-reactive ketones (excluding diaryl/α,β-unsaturated/α-hetero) is 1. The van der Waals surface area contributed by atoms with E-state index in [-0.39, 0.29) is 12.4 Å². The van der Waals surface area contributed by atoms with E-state index in [4.69, 9.17) is 4.52 Å². The molecule has 0 spiro atoms. The number of rotatable bonds is 7. The van der Waals surface area contributed by atoms with Gasteiger partial charge in [-0.15, -0.1) is 0 Å². The maximum atomic E-state index is 12.2. The Morgan fingerprint density at radius 3 is 2.39 bits per heavy atom. The molecule has 120 valence electrons. The molecule has 0 saturated carbocycles. The number of ketones is 1. The van der Waals surface area contributed by atoms with Gasteiger partial charge in [-0.05, 0) is 24.1 Å². The predicted octanol–water partition coefficient (Wildman–Crippen LogP) is 4.30. The van der Waals surface area contributed by atoms with Gasteiger partial charge in [0.15, 0.2) is 5.78 Å². The molecule has 0 aliphatic carbocycles. The summed E-state index contributed by atoms with van der Waals surface area (Å²) >= 11 is 0. The maximum absolute atomic E-state index is 12.2. The summed E-state index contributed by atoms with van der Waals surface area (Å²) in [5.74, 6) is 1.19. The highest BCUT2D eigenvalue weighted by Crippen LogP contribution is 2.43. The molecule has 0 aromatic heterocycles. The third-order valence-electron chi connectivity index (χ3n) is 3.21. The quantitative estimate of drug-likeness (QED) is 0.607. The van der Waals surface area contributed by atoms with Crippen molar-refractivity contribution in [3.8, 4) is 0 Å². The fourth-order valence-corrected chi connectivity index (χ4v) is 2.89. The fourth-order valence-electron chi connectivity index (χ4n) is 2.07. The number of carbonyl (C=O) groups excluding carboxylic acids is 1. The number of hydrogen-bond donors (Lipinski definition) is 1. The van der Waals surface area contributed by atoms with E-state index in [2.05, 4.69) is 0 Å². The lowest BCUT2D eigenvalue weighted by molar-refractivity contribution is 0.0993. The monoisotopic (exact) mass is 330 g/mol. The molecule has 0 saturated heterocycles. The highest BCUT2D eigenvalue weighted by atomic mass is 31.2. The Hall–Kier alpha value is -2.00. The minimum atomic E-state index is -3.68. The topological polar surface area (TPSA) is 63.6 Å². The first-order valence-corrected chi connectivity index (χ1v) is 8.98. The number of carbonyl (C=O) groups is 1. The summed E-state index contributed by atoms with van der Waals surface area (Å²) in [6.07, 6.45) is 1.87. The lowest BCUT2D eigenvalue weighted by atomic mass is 10.0. The van der Waals surface area contributed by atoms with Gasteiger partial charge in [-0.3, -0.25) is 9.36 Å². The predicted molar refractivity (Wildman–Crippen MR) is 91.4 cm³/mol. The van der Waals surface area contributed by atoms with Gasteiger partial charge in [0.1, 0.15) is 0 Å². The van der Waals surface area contributed by atoms with Crippen LogP contribution < -0.4 is 0 Å². The average Bonchev–Trinajstić information content (AvgIpc) is 2.54. The Labute approximate surface area is 136 Å². The van der Waals surface area contributed by atoms with E-state index in [9.17, 15) is 14.3 Å². The maximum Gasteiger partial charge on any atom is 0.351 e. The van der Waals surface area contributed by atoms with E-state index in [0.717, 1.165) is 16.9 Å². The van der Waals surface area contributed by atoms with Crippen molar-refractivity contribution < 1.29 is 18.8 Å². The van der Waals surface area contributed by atoms with Crippen molar-refractivity contribution in [2.45, 2.75) is 13.3 Å². The molecule has 0 fully saturated rings. The zero-order chi connectivity index (χ0) is 16.7. The van der Waals surface area contributed by atoms with Crippen LogP contribution >= 0.6 is 7.60 Å². The molecule has 23 heavy (non-hydrogen) atoms. The SMILES string of the molecule is CCOP(=O)(O)C=Cc1ccc(C(=O)Cc2ccccc2)cc1. The van der Waals surface area contributed by atoms with Crippen molar-refractivity contribution in [2.75, 3.05) is 6.61 Å². The Bertz CT molecular complexity index is 720. The van der Waals surface area contributed by atoms with Crippen LogP contribution in [0.15, 0.2) is 60.4 Å². The van der Waals surface area contributed by atoms with Crippen molar-refractivity contribution >= 4 is 19.5 Å². The Balaban J connectivity index is 2.03. The van der Waals surface area contributed by atoms with Crippen LogP contribution in [-0.2, 0) is 15.5 Å². The van der Waals surface area contributed by atoms with Gasteiger partial charge in [0, 0.05) is 17.8 Å². The summed E-state index contributed by atoms with van der Waals surface area (Å²) in [5, 5.41) is 0. The van der Waals surface area contributed by atoms with Crippen LogP contribution in [0, 0.1) is 0 Å². The zero-order valence-corrected chi connectivity index (χ0v) is 13.8. The summed E-state index contributed by atoms with van der Waals surface area (Å²) in [5.41, 5.74) is 2.32. The van der Waals surface area contributed by atoms with Crippen LogP contribution in [-0.4, -0.2) is 17.3 Å². The average molecular weight is 330 g/mol. The molecule has 0 aliphatic rings. The summed E-state index contributed by atoms with van der Waals surface area (Å²) in [4.78, 5) is 21.7. The molecule has 0 bridgehead atoms. The second kappa shape index (κ2) is 8.02. The summed E-state index contributed by atoms with van der Waals surface area (Å²) in [6.45, 7) is 1.83. The smallest absolute Gasteiger partial charge is 0.321 e. The van der Waals surface area contributed by atoms with E-state index in [1.54, 1.807) is 31.2 Å². The molecule has 2 rings (SSSR count). The highest BCUT2D eigenvalue weighted by Gasteiger charge is 2.12. The van der Waals surface area contributed by atoms with E-state index < -0.39 is 7.60 Å². The van der Waals surface area contributed by atoms with E-state index >= 15 is 0 Å². The normalized spacial score (nSPS) is 13.8. The second-order valence-electron chi connectivity index (χ2n) is 5.01.